The largest absolute Gasteiger partial charge is 0.316 e. The fourth-order valence-corrected chi connectivity index (χ4v) is 0.837. The minimum Gasteiger partial charge on any atom is -0.316 e. The lowest BCUT2D eigenvalue weighted by Gasteiger charge is -2.20. The first-order valence-electron chi connectivity index (χ1n) is 3.55. The van der Waals surface area contributed by atoms with Crippen LogP contribution in [0, 0.1) is 0 Å². The average Bonchev–Trinajstić information content (AvgIpc) is 1.58. The van der Waals surface area contributed by atoms with Gasteiger partial charge >= 0.3 is 0 Å². The highest BCUT2D eigenvalue weighted by atomic mass is 15.2. The molecule has 0 fully saturated rings. The Morgan fingerprint density at radius 2 is 1.20 bits per heavy atom. The second-order valence-corrected chi connectivity index (χ2v) is 2.63. The van der Waals surface area contributed by atoms with Crippen LogP contribution in [0.2, 0.25) is 0 Å². The van der Waals surface area contributed by atoms with Crippen molar-refractivity contribution in [2.75, 3.05) is 0 Å². The summed E-state index contributed by atoms with van der Waals surface area (Å²) in [5.74, 6) is 0. The molecule has 0 spiro atoms. The van der Waals surface area contributed by atoms with E-state index in [9.17, 15) is 0 Å². The molecule has 62 valence electrons. The van der Waals surface area contributed by atoms with Gasteiger partial charge in [-0.3, -0.25) is 10.6 Å². The van der Waals surface area contributed by atoms with Gasteiger partial charge in [-0.25, -0.2) is 0 Å². The molecule has 0 bridgehead atoms. The molecule has 0 rings (SSSR count). The van der Waals surface area contributed by atoms with Gasteiger partial charge in [0.2, 0.25) is 0 Å². The van der Waals surface area contributed by atoms with Crippen LogP contribution < -0.4 is 22.1 Å². The Kier molecular flexibility index (Phi) is 4.55. The maximum atomic E-state index is 5.48. The van der Waals surface area contributed by atoms with Crippen LogP contribution in [0.5, 0.6) is 0 Å². The maximum absolute atomic E-state index is 5.48. The van der Waals surface area contributed by atoms with E-state index >= 15 is 0 Å². The molecule has 0 aliphatic rings. The summed E-state index contributed by atoms with van der Waals surface area (Å²) < 4.78 is 0. The zero-order valence-electron chi connectivity index (χ0n) is 6.89. The molecule has 0 amide bonds. The molecule has 6 N–H and O–H groups in total. The Morgan fingerprint density at radius 1 is 0.900 bits per heavy atom. The summed E-state index contributed by atoms with van der Waals surface area (Å²) in [6.07, 6.45) is 0.169. The second-order valence-electron chi connectivity index (χ2n) is 2.63. The van der Waals surface area contributed by atoms with Crippen molar-refractivity contribution in [3.63, 3.8) is 0 Å². The molecule has 2 unspecified atom stereocenters. The van der Waals surface area contributed by atoms with Crippen molar-refractivity contribution >= 4 is 0 Å². The van der Waals surface area contributed by atoms with Crippen molar-refractivity contribution in [1.82, 2.24) is 10.6 Å². The third kappa shape index (κ3) is 5.97. The lowest BCUT2D eigenvalue weighted by Crippen LogP contribution is -2.52. The Morgan fingerprint density at radius 3 is 1.40 bits per heavy atom. The van der Waals surface area contributed by atoms with E-state index in [1.54, 1.807) is 0 Å². The van der Waals surface area contributed by atoms with Gasteiger partial charge in [0.15, 0.2) is 0 Å². The van der Waals surface area contributed by atoms with Gasteiger partial charge < -0.3 is 11.5 Å². The molecular formula is C6H18N4. The summed E-state index contributed by atoms with van der Waals surface area (Å²) in [7, 11) is 0. The van der Waals surface area contributed by atoms with Gasteiger partial charge in [0.1, 0.15) is 0 Å². The fourth-order valence-electron chi connectivity index (χ4n) is 0.837. The fraction of sp³-hybridized carbons (Fsp3) is 1.00. The van der Waals surface area contributed by atoms with Crippen LogP contribution in [-0.2, 0) is 0 Å². The highest BCUT2D eigenvalue weighted by Gasteiger charge is 2.02. The molecular weight excluding hydrogens is 128 g/mol. The first-order chi connectivity index (χ1) is 4.52. The van der Waals surface area contributed by atoms with Crippen LogP contribution in [0.1, 0.15) is 20.8 Å². The van der Waals surface area contributed by atoms with E-state index < -0.39 is 0 Å². The van der Waals surface area contributed by atoms with Crippen molar-refractivity contribution in [2.24, 2.45) is 11.5 Å². The molecule has 4 nitrogen and oxygen atoms in total. The standard InChI is InChI=1S/C6H18N4/c1-4(7)9-6(3)10-5(2)8/h4-6,9-10H,7-8H2,1-3H3. The highest BCUT2D eigenvalue weighted by molar-refractivity contribution is 4.62. The van der Waals surface area contributed by atoms with E-state index in [4.69, 9.17) is 11.5 Å². The minimum atomic E-state index is 0.00116. The average molecular weight is 146 g/mol. The molecule has 0 heterocycles. The highest BCUT2D eigenvalue weighted by Crippen LogP contribution is 1.77. The molecule has 0 aromatic heterocycles. The molecule has 0 radical (unpaired) electrons. The molecule has 0 saturated carbocycles. The van der Waals surface area contributed by atoms with Gasteiger partial charge in [0, 0.05) is 0 Å². The van der Waals surface area contributed by atoms with E-state index in [1.807, 2.05) is 20.8 Å². The zero-order chi connectivity index (χ0) is 8.15. The van der Waals surface area contributed by atoms with E-state index in [2.05, 4.69) is 10.6 Å². The van der Waals surface area contributed by atoms with Crippen molar-refractivity contribution in [3.8, 4) is 0 Å². The van der Waals surface area contributed by atoms with Crippen LogP contribution in [0.3, 0.4) is 0 Å². The van der Waals surface area contributed by atoms with Crippen LogP contribution in [0.15, 0.2) is 0 Å². The Bertz CT molecular complexity index is 71.8. The van der Waals surface area contributed by atoms with Gasteiger partial charge in [0.25, 0.3) is 0 Å². The number of hydrogen-bond donors (Lipinski definition) is 4. The first-order valence-corrected chi connectivity index (χ1v) is 3.55. The first kappa shape index (κ1) is 9.84. The minimum absolute atomic E-state index is 0.00116. The topological polar surface area (TPSA) is 76.1 Å². The molecule has 4 heteroatoms. The third-order valence-corrected chi connectivity index (χ3v) is 1.03. The predicted molar refractivity (Wildman–Crippen MR) is 43.0 cm³/mol. The van der Waals surface area contributed by atoms with Gasteiger partial charge in [0.05, 0.1) is 18.5 Å². The van der Waals surface area contributed by atoms with Gasteiger partial charge in [-0.05, 0) is 20.8 Å². The number of nitrogens with two attached hydrogens (primary N) is 2. The van der Waals surface area contributed by atoms with Gasteiger partial charge in [-0.15, -0.1) is 0 Å². The van der Waals surface area contributed by atoms with Crippen molar-refractivity contribution in [3.05, 3.63) is 0 Å². The lowest BCUT2D eigenvalue weighted by molar-refractivity contribution is 0.377. The quantitative estimate of drug-likeness (QED) is 0.389. The Hall–Kier alpha value is -0.160. The predicted octanol–water partition coefficient (Wildman–Crippen LogP) is -0.879. The molecule has 0 aromatic rings. The van der Waals surface area contributed by atoms with Crippen molar-refractivity contribution < 1.29 is 0 Å². The summed E-state index contributed by atoms with van der Waals surface area (Å²) in [5.41, 5.74) is 11.0. The van der Waals surface area contributed by atoms with Crippen molar-refractivity contribution in [1.29, 1.82) is 0 Å². The Labute approximate surface area is 62.3 Å². The number of nitrogens with one attached hydrogen (secondary N) is 2. The van der Waals surface area contributed by atoms with Gasteiger partial charge in [-0.2, -0.15) is 0 Å². The second kappa shape index (κ2) is 4.62. The number of hydrogen-bond acceptors (Lipinski definition) is 4. The molecule has 2 atom stereocenters. The lowest BCUT2D eigenvalue weighted by atomic mass is 10.4. The molecule has 0 aliphatic carbocycles. The summed E-state index contributed by atoms with van der Waals surface area (Å²) >= 11 is 0. The van der Waals surface area contributed by atoms with Crippen LogP contribution in [-0.4, -0.2) is 18.5 Å². The molecule has 10 heavy (non-hydrogen) atoms. The van der Waals surface area contributed by atoms with E-state index in [0.717, 1.165) is 0 Å². The van der Waals surface area contributed by atoms with Crippen molar-refractivity contribution in [2.45, 2.75) is 39.3 Å². The zero-order valence-corrected chi connectivity index (χ0v) is 6.89. The third-order valence-electron chi connectivity index (χ3n) is 1.03. The smallest absolute Gasteiger partial charge is 0.0566 e. The van der Waals surface area contributed by atoms with E-state index in [-0.39, 0.29) is 18.5 Å². The summed E-state index contributed by atoms with van der Waals surface area (Å²) in [6, 6.07) is 0. The monoisotopic (exact) mass is 146 g/mol. The molecule has 0 aliphatic heterocycles. The van der Waals surface area contributed by atoms with Crippen LogP contribution >= 0.6 is 0 Å². The van der Waals surface area contributed by atoms with Crippen LogP contribution in [0.25, 0.3) is 0 Å². The normalized spacial score (nSPS) is 20.1. The van der Waals surface area contributed by atoms with Crippen LogP contribution in [0.4, 0.5) is 0 Å². The Balaban J connectivity index is 3.34. The summed E-state index contributed by atoms with van der Waals surface area (Å²) in [5, 5.41) is 6.12. The number of rotatable bonds is 4. The SMILES string of the molecule is CC(N)NC(C)NC(C)N. The van der Waals surface area contributed by atoms with E-state index in [1.165, 1.54) is 0 Å². The summed E-state index contributed by atoms with van der Waals surface area (Å²) in [4.78, 5) is 0. The maximum Gasteiger partial charge on any atom is 0.0566 e. The summed E-state index contributed by atoms with van der Waals surface area (Å²) in [6.45, 7) is 5.76. The molecule has 0 aromatic carbocycles. The molecule has 0 saturated heterocycles. The van der Waals surface area contributed by atoms with Gasteiger partial charge in [-0.1, -0.05) is 0 Å². The van der Waals surface area contributed by atoms with E-state index in [0.29, 0.717) is 0 Å².